The predicted molar refractivity (Wildman–Crippen MR) is 85.0 cm³/mol. The molecule has 7 heteroatoms. The molecule has 0 radical (unpaired) electrons. The molecule has 0 saturated carbocycles. The largest absolute Gasteiger partial charge is 0.496 e. The van der Waals surface area contributed by atoms with Crippen molar-refractivity contribution >= 4 is 27.9 Å². The third kappa shape index (κ3) is 2.35. The maximum atomic E-state index is 12.4. The van der Waals surface area contributed by atoms with Gasteiger partial charge in [0.1, 0.15) is 11.4 Å². The van der Waals surface area contributed by atoms with Crippen LogP contribution in [0.25, 0.3) is 4.96 Å². The highest BCUT2D eigenvalue weighted by Gasteiger charge is 2.16. The van der Waals surface area contributed by atoms with Crippen molar-refractivity contribution in [2.75, 3.05) is 12.4 Å². The van der Waals surface area contributed by atoms with E-state index in [0.29, 0.717) is 22.0 Å². The van der Waals surface area contributed by atoms with Crippen molar-refractivity contribution < 1.29 is 9.53 Å². The fraction of sp³-hybridized carbons (Fsp3) is 0.133. The number of rotatable bonds is 3. The fourth-order valence-electron chi connectivity index (χ4n) is 2.14. The molecule has 0 fully saturated rings. The van der Waals surface area contributed by atoms with Gasteiger partial charge in [0, 0.05) is 11.6 Å². The molecule has 112 valence electrons. The minimum atomic E-state index is -0.408. The lowest BCUT2D eigenvalue weighted by Crippen LogP contribution is -2.24. The van der Waals surface area contributed by atoms with Crippen LogP contribution < -0.4 is 15.6 Å². The lowest BCUT2D eigenvalue weighted by atomic mass is 10.2. The second kappa shape index (κ2) is 5.61. The number of aryl methyl sites for hydroxylation is 1. The fourth-order valence-corrected chi connectivity index (χ4v) is 2.89. The standard InChI is InChI=1S/C15H13N3O3S/c1-9-12(14(20)18-7-8-22-15(18)16-9)17-13(19)10-5-3-4-6-11(10)21-2/h3-8H,1-2H3,(H,17,19). The van der Waals surface area contributed by atoms with E-state index in [1.54, 1.807) is 42.8 Å². The SMILES string of the molecule is COc1ccccc1C(=O)Nc1c(C)nc2sccn2c1=O. The molecule has 3 rings (SSSR count). The molecule has 0 aliphatic heterocycles. The number of carbonyl (C=O) groups excluding carboxylic acids is 1. The van der Waals surface area contributed by atoms with E-state index in [9.17, 15) is 9.59 Å². The molecule has 0 spiro atoms. The minimum Gasteiger partial charge on any atom is -0.496 e. The van der Waals surface area contributed by atoms with Crippen molar-refractivity contribution in [2.24, 2.45) is 0 Å². The van der Waals surface area contributed by atoms with Crippen molar-refractivity contribution in [3.05, 3.63) is 57.5 Å². The summed E-state index contributed by atoms with van der Waals surface area (Å²) in [5, 5.41) is 4.41. The van der Waals surface area contributed by atoms with Crippen LogP contribution in [-0.4, -0.2) is 22.4 Å². The topological polar surface area (TPSA) is 72.7 Å². The van der Waals surface area contributed by atoms with Crippen LogP contribution in [0.5, 0.6) is 5.75 Å². The lowest BCUT2D eigenvalue weighted by Gasteiger charge is -2.10. The van der Waals surface area contributed by atoms with E-state index in [4.69, 9.17) is 4.74 Å². The summed E-state index contributed by atoms with van der Waals surface area (Å²) in [6.45, 7) is 1.69. The Labute approximate surface area is 130 Å². The Bertz CT molecular complexity index is 914. The monoisotopic (exact) mass is 315 g/mol. The summed E-state index contributed by atoms with van der Waals surface area (Å²) in [6.07, 6.45) is 1.63. The van der Waals surface area contributed by atoms with Gasteiger partial charge in [0.15, 0.2) is 4.96 Å². The number of carbonyl (C=O) groups is 1. The molecule has 1 amide bonds. The normalized spacial score (nSPS) is 10.6. The number of benzene rings is 1. The van der Waals surface area contributed by atoms with E-state index >= 15 is 0 Å². The van der Waals surface area contributed by atoms with Gasteiger partial charge < -0.3 is 10.1 Å². The third-order valence-corrected chi connectivity index (χ3v) is 3.99. The average molecular weight is 315 g/mol. The number of methoxy groups -OCH3 is 1. The zero-order chi connectivity index (χ0) is 15.7. The third-order valence-electron chi connectivity index (χ3n) is 3.24. The van der Waals surface area contributed by atoms with E-state index in [1.165, 1.54) is 22.8 Å². The second-order valence-electron chi connectivity index (χ2n) is 4.59. The van der Waals surface area contributed by atoms with Gasteiger partial charge in [0.25, 0.3) is 11.5 Å². The zero-order valence-electron chi connectivity index (χ0n) is 12.0. The molecule has 0 atom stereocenters. The first-order valence-electron chi connectivity index (χ1n) is 6.52. The number of hydrogen-bond acceptors (Lipinski definition) is 5. The highest BCUT2D eigenvalue weighted by Crippen LogP contribution is 2.19. The molecule has 0 aliphatic rings. The van der Waals surface area contributed by atoms with Crippen LogP contribution in [0.3, 0.4) is 0 Å². The van der Waals surface area contributed by atoms with Gasteiger partial charge in [-0.1, -0.05) is 12.1 Å². The first-order chi connectivity index (χ1) is 10.6. The highest BCUT2D eigenvalue weighted by atomic mass is 32.1. The number of aromatic nitrogens is 2. The van der Waals surface area contributed by atoms with Crippen molar-refractivity contribution in [3.63, 3.8) is 0 Å². The zero-order valence-corrected chi connectivity index (χ0v) is 12.8. The van der Waals surface area contributed by atoms with Crippen LogP contribution in [-0.2, 0) is 0 Å². The molecule has 1 aromatic carbocycles. The maximum absolute atomic E-state index is 12.4. The predicted octanol–water partition coefficient (Wildman–Crippen LogP) is 2.33. The first-order valence-corrected chi connectivity index (χ1v) is 7.40. The molecule has 0 aliphatic carbocycles. The Morgan fingerprint density at radius 2 is 2.14 bits per heavy atom. The van der Waals surface area contributed by atoms with Gasteiger partial charge in [-0.2, -0.15) is 0 Å². The molecular weight excluding hydrogens is 302 g/mol. The van der Waals surface area contributed by atoms with Gasteiger partial charge in [0.05, 0.1) is 18.4 Å². The average Bonchev–Trinajstić information content (AvgIpc) is 2.99. The van der Waals surface area contributed by atoms with Gasteiger partial charge in [0.2, 0.25) is 0 Å². The number of amides is 1. The molecule has 1 N–H and O–H groups in total. The van der Waals surface area contributed by atoms with Crippen LogP contribution in [0, 0.1) is 6.92 Å². The number of nitrogens with zero attached hydrogens (tertiary/aromatic N) is 2. The Morgan fingerprint density at radius 1 is 1.36 bits per heavy atom. The van der Waals surface area contributed by atoms with E-state index in [2.05, 4.69) is 10.3 Å². The molecule has 6 nitrogen and oxygen atoms in total. The summed E-state index contributed by atoms with van der Waals surface area (Å²) < 4.78 is 6.58. The van der Waals surface area contributed by atoms with Crippen LogP contribution in [0.4, 0.5) is 5.69 Å². The lowest BCUT2D eigenvalue weighted by molar-refractivity contribution is 0.102. The van der Waals surface area contributed by atoms with E-state index < -0.39 is 5.91 Å². The molecule has 2 heterocycles. The Hall–Kier alpha value is -2.67. The van der Waals surface area contributed by atoms with E-state index in [-0.39, 0.29) is 11.2 Å². The Kier molecular flexibility index (Phi) is 3.64. The van der Waals surface area contributed by atoms with Crippen LogP contribution in [0.15, 0.2) is 40.6 Å². The number of thiazole rings is 1. The molecule has 0 bridgehead atoms. The number of anilines is 1. The summed E-state index contributed by atoms with van der Waals surface area (Å²) >= 11 is 1.36. The van der Waals surface area contributed by atoms with Crippen molar-refractivity contribution in [2.45, 2.75) is 6.92 Å². The van der Waals surface area contributed by atoms with Crippen molar-refractivity contribution in [1.29, 1.82) is 0 Å². The van der Waals surface area contributed by atoms with Crippen LogP contribution in [0.2, 0.25) is 0 Å². The summed E-state index contributed by atoms with van der Waals surface area (Å²) in [4.78, 5) is 29.7. The van der Waals surface area contributed by atoms with Crippen LogP contribution >= 0.6 is 11.3 Å². The van der Waals surface area contributed by atoms with Crippen molar-refractivity contribution in [3.8, 4) is 5.75 Å². The summed E-state index contributed by atoms with van der Waals surface area (Å²) in [5.41, 5.74) is 0.716. The smallest absolute Gasteiger partial charge is 0.282 e. The quantitative estimate of drug-likeness (QED) is 0.805. The molecule has 22 heavy (non-hydrogen) atoms. The second-order valence-corrected chi connectivity index (χ2v) is 5.46. The number of nitrogens with one attached hydrogen (secondary N) is 1. The summed E-state index contributed by atoms with van der Waals surface area (Å²) in [7, 11) is 1.49. The number of hydrogen-bond donors (Lipinski definition) is 1. The van der Waals surface area contributed by atoms with E-state index in [1.807, 2.05) is 0 Å². The van der Waals surface area contributed by atoms with Gasteiger partial charge in [-0.25, -0.2) is 4.98 Å². The Morgan fingerprint density at radius 3 is 2.91 bits per heavy atom. The van der Waals surface area contributed by atoms with E-state index in [0.717, 1.165) is 0 Å². The number of fused-ring (bicyclic) bond motifs is 1. The molecule has 0 unspecified atom stereocenters. The van der Waals surface area contributed by atoms with Gasteiger partial charge in [-0.05, 0) is 19.1 Å². The summed E-state index contributed by atoms with van der Waals surface area (Å²) in [5.74, 6) is 0.0388. The van der Waals surface area contributed by atoms with Crippen LogP contribution in [0.1, 0.15) is 16.1 Å². The summed E-state index contributed by atoms with van der Waals surface area (Å²) in [6, 6.07) is 6.83. The molecular formula is C15H13N3O3S. The van der Waals surface area contributed by atoms with Gasteiger partial charge in [-0.15, -0.1) is 11.3 Å². The number of ether oxygens (including phenoxy) is 1. The minimum absolute atomic E-state index is 0.173. The van der Waals surface area contributed by atoms with Gasteiger partial charge in [-0.3, -0.25) is 14.0 Å². The Balaban J connectivity index is 2.03. The first kappa shape index (κ1) is 14.3. The van der Waals surface area contributed by atoms with Crippen molar-refractivity contribution in [1.82, 2.24) is 9.38 Å². The molecule has 2 aromatic heterocycles. The maximum Gasteiger partial charge on any atom is 0.282 e. The number of para-hydroxylation sites is 1. The highest BCUT2D eigenvalue weighted by molar-refractivity contribution is 7.15. The molecule has 0 saturated heterocycles. The molecule has 3 aromatic rings. The van der Waals surface area contributed by atoms with Gasteiger partial charge >= 0.3 is 0 Å².